The molecule has 1 aromatic carbocycles. The molecule has 0 atom stereocenters. The fourth-order valence-electron chi connectivity index (χ4n) is 1.47. The Balaban J connectivity index is 2.45. The molecule has 0 saturated heterocycles. The number of carbonyl (C=O) groups excluding carboxylic acids is 1. The molecule has 0 radical (unpaired) electrons. The molecule has 98 valence electrons. The summed E-state index contributed by atoms with van der Waals surface area (Å²) in [7, 11) is 0. The van der Waals surface area contributed by atoms with Gasteiger partial charge in [-0.15, -0.1) is 0 Å². The van der Waals surface area contributed by atoms with Gasteiger partial charge >= 0.3 is 0 Å². The van der Waals surface area contributed by atoms with Crippen LogP contribution in [0.4, 0.5) is 11.5 Å². The van der Waals surface area contributed by atoms with E-state index >= 15 is 0 Å². The van der Waals surface area contributed by atoms with Crippen LogP contribution in [0.15, 0.2) is 22.7 Å². The predicted molar refractivity (Wildman–Crippen MR) is 79.6 cm³/mol. The molecule has 1 aromatic heterocycles. The summed E-state index contributed by atoms with van der Waals surface area (Å²) in [4.78, 5) is 19.1. The molecule has 0 fully saturated rings. The van der Waals surface area contributed by atoms with E-state index in [2.05, 4.69) is 31.2 Å². The third-order valence-electron chi connectivity index (χ3n) is 2.31. The summed E-state index contributed by atoms with van der Waals surface area (Å²) >= 11 is 15.3. The fraction of sp³-hybridized carbons (Fsp3) is 0.0833. The summed E-state index contributed by atoms with van der Waals surface area (Å²) in [5.41, 5.74) is 0.827. The van der Waals surface area contributed by atoms with Gasteiger partial charge < -0.3 is 5.32 Å². The topological polar surface area (TPSA) is 54.9 Å². The molecular formula is C12H8BrCl2N3O. The number of nitrogens with one attached hydrogen (secondary N) is 1. The van der Waals surface area contributed by atoms with Crippen LogP contribution in [0, 0.1) is 6.92 Å². The smallest absolute Gasteiger partial charge is 0.156 e. The predicted octanol–water partition coefficient (Wildman–Crippen LogP) is 4.41. The van der Waals surface area contributed by atoms with Gasteiger partial charge in [0.2, 0.25) is 0 Å². The maximum Gasteiger partial charge on any atom is 0.156 e. The number of rotatable bonds is 3. The van der Waals surface area contributed by atoms with E-state index in [-0.39, 0.29) is 10.7 Å². The highest BCUT2D eigenvalue weighted by molar-refractivity contribution is 9.10. The number of aromatic nitrogens is 2. The van der Waals surface area contributed by atoms with Crippen molar-refractivity contribution in [2.45, 2.75) is 6.92 Å². The Hall–Kier alpha value is -1.17. The quantitative estimate of drug-likeness (QED) is 0.650. The number of anilines is 2. The SMILES string of the molecule is Cc1nc(Cl)c(C=O)c(Nc2ccc(Br)cc2Cl)n1. The van der Waals surface area contributed by atoms with Gasteiger partial charge in [-0.05, 0) is 25.1 Å². The van der Waals surface area contributed by atoms with Gasteiger partial charge in [-0.2, -0.15) is 0 Å². The fourth-order valence-corrected chi connectivity index (χ4v) is 2.44. The Morgan fingerprint density at radius 2 is 2.05 bits per heavy atom. The monoisotopic (exact) mass is 359 g/mol. The van der Waals surface area contributed by atoms with Gasteiger partial charge in [0.15, 0.2) is 6.29 Å². The van der Waals surface area contributed by atoms with Crippen LogP contribution in [0.1, 0.15) is 16.2 Å². The second-order valence-electron chi connectivity index (χ2n) is 3.69. The van der Waals surface area contributed by atoms with E-state index in [1.165, 1.54) is 0 Å². The lowest BCUT2D eigenvalue weighted by molar-refractivity contribution is 0.112. The van der Waals surface area contributed by atoms with E-state index in [4.69, 9.17) is 23.2 Å². The van der Waals surface area contributed by atoms with Crippen LogP contribution in [-0.2, 0) is 0 Å². The minimum atomic E-state index is 0.109. The first-order valence-electron chi connectivity index (χ1n) is 5.22. The molecule has 0 aliphatic heterocycles. The zero-order valence-electron chi connectivity index (χ0n) is 9.75. The van der Waals surface area contributed by atoms with Crippen molar-refractivity contribution in [1.29, 1.82) is 0 Å². The van der Waals surface area contributed by atoms with Gasteiger partial charge in [-0.25, -0.2) is 9.97 Å². The number of nitrogens with zero attached hydrogens (tertiary/aromatic N) is 2. The highest BCUT2D eigenvalue weighted by Gasteiger charge is 2.12. The molecule has 1 N–H and O–H groups in total. The molecule has 0 amide bonds. The van der Waals surface area contributed by atoms with Gasteiger partial charge in [-0.3, -0.25) is 4.79 Å². The molecule has 19 heavy (non-hydrogen) atoms. The molecule has 4 nitrogen and oxygen atoms in total. The second kappa shape index (κ2) is 5.86. The standard InChI is InChI=1S/C12H8BrCl2N3O/c1-6-16-11(15)8(5-19)12(17-6)18-10-3-2-7(13)4-9(10)14/h2-5H,1H3,(H,16,17,18). The zero-order valence-corrected chi connectivity index (χ0v) is 12.8. The average molecular weight is 361 g/mol. The lowest BCUT2D eigenvalue weighted by Gasteiger charge is -2.11. The van der Waals surface area contributed by atoms with Gasteiger partial charge in [0.05, 0.1) is 16.3 Å². The largest absolute Gasteiger partial charge is 0.338 e. The van der Waals surface area contributed by atoms with Crippen molar-refractivity contribution in [1.82, 2.24) is 9.97 Å². The number of aldehydes is 1. The number of hydrogen-bond donors (Lipinski definition) is 1. The summed E-state index contributed by atoms with van der Waals surface area (Å²) in [5, 5.41) is 3.59. The molecule has 0 unspecified atom stereocenters. The second-order valence-corrected chi connectivity index (χ2v) is 5.37. The van der Waals surface area contributed by atoms with Crippen molar-refractivity contribution in [3.63, 3.8) is 0 Å². The Morgan fingerprint density at radius 3 is 2.68 bits per heavy atom. The Bertz CT molecular complexity index is 649. The van der Waals surface area contributed by atoms with Crippen LogP contribution in [0.3, 0.4) is 0 Å². The highest BCUT2D eigenvalue weighted by atomic mass is 79.9. The molecule has 0 spiro atoms. The minimum Gasteiger partial charge on any atom is -0.338 e. The maximum atomic E-state index is 11.0. The summed E-state index contributed by atoms with van der Waals surface area (Å²) < 4.78 is 0.857. The summed E-state index contributed by atoms with van der Waals surface area (Å²) in [6.45, 7) is 1.69. The Kier molecular flexibility index (Phi) is 4.39. The molecule has 1 heterocycles. The van der Waals surface area contributed by atoms with Gasteiger partial charge in [0.25, 0.3) is 0 Å². The van der Waals surface area contributed by atoms with Crippen molar-refractivity contribution in [2.24, 2.45) is 0 Å². The summed E-state index contributed by atoms with van der Waals surface area (Å²) in [6.07, 6.45) is 0.608. The third-order valence-corrected chi connectivity index (χ3v) is 3.41. The Labute approximate surface area is 128 Å². The van der Waals surface area contributed by atoms with Gasteiger partial charge in [0.1, 0.15) is 16.8 Å². The first-order valence-corrected chi connectivity index (χ1v) is 6.77. The normalized spacial score (nSPS) is 10.3. The number of halogens is 3. The Morgan fingerprint density at radius 1 is 1.32 bits per heavy atom. The van der Waals surface area contributed by atoms with Crippen LogP contribution in [0.25, 0.3) is 0 Å². The summed E-state index contributed by atoms with van der Waals surface area (Å²) in [6, 6.07) is 5.33. The molecule has 0 aliphatic rings. The van der Waals surface area contributed by atoms with E-state index in [1.54, 1.807) is 19.1 Å². The van der Waals surface area contributed by atoms with Crippen molar-refractivity contribution < 1.29 is 4.79 Å². The van der Waals surface area contributed by atoms with Crippen LogP contribution in [0.2, 0.25) is 10.2 Å². The molecule has 2 rings (SSSR count). The van der Waals surface area contributed by atoms with Crippen molar-refractivity contribution >= 4 is 56.9 Å². The van der Waals surface area contributed by atoms with Crippen molar-refractivity contribution in [2.75, 3.05) is 5.32 Å². The number of hydrogen-bond acceptors (Lipinski definition) is 4. The molecule has 7 heteroatoms. The van der Waals surface area contributed by atoms with Gasteiger partial charge in [-0.1, -0.05) is 39.1 Å². The molecule has 0 saturated carbocycles. The zero-order chi connectivity index (χ0) is 14.0. The maximum absolute atomic E-state index is 11.0. The third kappa shape index (κ3) is 3.23. The van der Waals surface area contributed by atoms with E-state index < -0.39 is 0 Å². The average Bonchev–Trinajstić information content (AvgIpc) is 2.32. The van der Waals surface area contributed by atoms with E-state index in [0.29, 0.717) is 28.6 Å². The molecule has 0 aliphatic carbocycles. The minimum absolute atomic E-state index is 0.109. The van der Waals surface area contributed by atoms with Crippen LogP contribution >= 0.6 is 39.1 Å². The van der Waals surface area contributed by atoms with E-state index in [1.807, 2.05) is 6.07 Å². The van der Waals surface area contributed by atoms with Crippen LogP contribution < -0.4 is 5.32 Å². The molecule has 0 bridgehead atoms. The van der Waals surface area contributed by atoms with E-state index in [9.17, 15) is 4.79 Å². The number of benzene rings is 1. The van der Waals surface area contributed by atoms with Crippen molar-refractivity contribution in [3.05, 3.63) is 44.2 Å². The highest BCUT2D eigenvalue weighted by Crippen LogP contribution is 2.29. The van der Waals surface area contributed by atoms with Crippen LogP contribution in [-0.4, -0.2) is 16.3 Å². The lowest BCUT2D eigenvalue weighted by atomic mass is 10.3. The first-order chi connectivity index (χ1) is 9.01. The van der Waals surface area contributed by atoms with Gasteiger partial charge in [0, 0.05) is 4.47 Å². The van der Waals surface area contributed by atoms with Crippen LogP contribution in [0.5, 0.6) is 0 Å². The van der Waals surface area contributed by atoms with Crippen molar-refractivity contribution in [3.8, 4) is 0 Å². The lowest BCUT2D eigenvalue weighted by Crippen LogP contribution is -2.03. The number of carbonyl (C=O) groups is 1. The van der Waals surface area contributed by atoms with E-state index in [0.717, 1.165) is 4.47 Å². The number of aryl methyl sites for hydroxylation is 1. The molecule has 2 aromatic rings. The molecular weight excluding hydrogens is 353 g/mol. The summed E-state index contributed by atoms with van der Waals surface area (Å²) in [5.74, 6) is 0.794. The first kappa shape index (κ1) is 14.2.